The maximum Gasteiger partial charge on any atom is 0.133 e. The molecule has 2 heterocycles. The van der Waals surface area contributed by atoms with E-state index < -0.39 is 0 Å². The number of hydrogen-bond donors (Lipinski definition) is 0. The largest absolute Gasteiger partial charge is 0.343 e. The van der Waals surface area contributed by atoms with Crippen molar-refractivity contribution in [3.63, 3.8) is 0 Å². The summed E-state index contributed by atoms with van der Waals surface area (Å²) in [5.74, 6) is -0.232. The van der Waals surface area contributed by atoms with Crippen molar-refractivity contribution in [3.05, 3.63) is 60.3 Å². The highest BCUT2D eigenvalue weighted by molar-refractivity contribution is 6.08. The van der Waals surface area contributed by atoms with Gasteiger partial charge in [0, 0.05) is 36.4 Å². The van der Waals surface area contributed by atoms with Gasteiger partial charge in [-0.3, -0.25) is 9.98 Å². The molecule has 3 rings (SSSR count). The van der Waals surface area contributed by atoms with Crippen LogP contribution in [0.2, 0.25) is 0 Å². The molecule has 1 aromatic carbocycles. The Hall–Kier alpha value is -2.75. The van der Waals surface area contributed by atoms with E-state index in [-0.39, 0.29) is 5.82 Å². The van der Waals surface area contributed by atoms with Gasteiger partial charge in [0.2, 0.25) is 0 Å². The summed E-state index contributed by atoms with van der Waals surface area (Å²) in [5.41, 5.74) is 3.64. The smallest absolute Gasteiger partial charge is 0.133 e. The molecule has 0 saturated carbocycles. The van der Waals surface area contributed by atoms with Gasteiger partial charge in [-0.05, 0) is 49.1 Å². The van der Waals surface area contributed by atoms with Crippen LogP contribution in [-0.2, 0) is 7.05 Å². The highest BCUT2D eigenvalue weighted by Crippen LogP contribution is 2.32. The van der Waals surface area contributed by atoms with Crippen molar-refractivity contribution in [2.24, 2.45) is 12.0 Å². The van der Waals surface area contributed by atoms with E-state index in [4.69, 9.17) is 0 Å². The van der Waals surface area contributed by atoms with Crippen LogP contribution in [0.5, 0.6) is 0 Å². The minimum Gasteiger partial charge on any atom is -0.343 e. The molecule has 3 nitrogen and oxygen atoms in total. The number of fused-ring (bicyclic) bond motifs is 3. The maximum absolute atomic E-state index is 14.6. The molecule has 0 aliphatic carbocycles. The Bertz CT molecular complexity index is 932. The monoisotopic (exact) mass is 293 g/mol. The van der Waals surface area contributed by atoms with Crippen molar-refractivity contribution in [3.8, 4) is 0 Å². The predicted molar refractivity (Wildman–Crippen MR) is 90.5 cm³/mol. The molecule has 0 saturated heterocycles. The first-order valence-corrected chi connectivity index (χ1v) is 6.94. The number of rotatable bonds is 3. The van der Waals surface area contributed by atoms with Crippen molar-refractivity contribution >= 4 is 34.1 Å². The number of allylic oxidation sites excluding steroid dienone is 3. The summed E-state index contributed by atoms with van der Waals surface area (Å²) in [5, 5.41) is 1.45. The lowest BCUT2D eigenvalue weighted by Crippen LogP contribution is -1.89. The normalized spacial score (nSPS) is 12.6. The quantitative estimate of drug-likeness (QED) is 0.517. The van der Waals surface area contributed by atoms with Gasteiger partial charge in [0.05, 0.1) is 11.0 Å². The molecule has 3 aromatic rings. The summed E-state index contributed by atoms with van der Waals surface area (Å²) in [4.78, 5) is 7.76. The summed E-state index contributed by atoms with van der Waals surface area (Å²) in [6.07, 6.45) is 8.70. The average molecular weight is 293 g/mol. The Morgan fingerprint density at radius 3 is 2.95 bits per heavy atom. The molecular formula is C18H16FN3. The summed E-state index contributed by atoms with van der Waals surface area (Å²) >= 11 is 0. The standard InChI is InChI=1S/C18H16FN3/c1-12(5-4-7-20-2)13-9-15(19)18-14-11-21-8-6-16(14)22(3)17(18)10-13/h4-11H,2H2,1,3H3/b7-4-,12-5+. The fourth-order valence-electron chi connectivity index (χ4n) is 2.70. The van der Waals surface area contributed by atoms with Gasteiger partial charge in [-0.2, -0.15) is 0 Å². The fraction of sp³-hybridized carbons (Fsp3) is 0.111. The van der Waals surface area contributed by atoms with E-state index >= 15 is 0 Å². The Morgan fingerprint density at radius 1 is 1.36 bits per heavy atom. The van der Waals surface area contributed by atoms with Crippen LogP contribution in [-0.4, -0.2) is 16.3 Å². The van der Waals surface area contributed by atoms with Gasteiger partial charge in [0.25, 0.3) is 0 Å². The number of aryl methyl sites for hydroxylation is 1. The molecule has 2 aromatic heterocycles. The molecule has 110 valence electrons. The number of halogens is 1. The van der Waals surface area contributed by atoms with E-state index in [0.717, 1.165) is 27.6 Å². The minimum absolute atomic E-state index is 0.232. The Kier molecular flexibility index (Phi) is 3.59. The molecule has 22 heavy (non-hydrogen) atoms. The van der Waals surface area contributed by atoms with Gasteiger partial charge in [0.1, 0.15) is 5.82 Å². The molecule has 0 spiro atoms. The van der Waals surface area contributed by atoms with Crippen LogP contribution >= 0.6 is 0 Å². The fourth-order valence-corrected chi connectivity index (χ4v) is 2.70. The summed E-state index contributed by atoms with van der Waals surface area (Å²) in [6, 6.07) is 5.46. The van der Waals surface area contributed by atoms with Crippen LogP contribution in [0, 0.1) is 5.82 Å². The Labute approximate surface area is 128 Å². The summed E-state index contributed by atoms with van der Waals surface area (Å²) in [6.45, 7) is 5.33. The van der Waals surface area contributed by atoms with Crippen molar-refractivity contribution in [2.75, 3.05) is 0 Å². The Balaban J connectivity index is 2.27. The van der Waals surface area contributed by atoms with Crippen molar-refractivity contribution in [1.29, 1.82) is 0 Å². The van der Waals surface area contributed by atoms with Gasteiger partial charge in [0.15, 0.2) is 0 Å². The molecule has 0 unspecified atom stereocenters. The lowest BCUT2D eigenvalue weighted by atomic mass is 10.0. The molecule has 0 atom stereocenters. The molecule has 0 N–H and O–H groups in total. The third kappa shape index (κ3) is 2.22. The second-order valence-corrected chi connectivity index (χ2v) is 5.18. The second-order valence-electron chi connectivity index (χ2n) is 5.18. The Morgan fingerprint density at radius 2 is 2.18 bits per heavy atom. The van der Waals surface area contributed by atoms with Crippen LogP contribution in [0.25, 0.3) is 27.4 Å². The lowest BCUT2D eigenvalue weighted by Gasteiger charge is -2.04. The topological polar surface area (TPSA) is 30.2 Å². The van der Waals surface area contributed by atoms with E-state index in [9.17, 15) is 4.39 Å². The molecule has 0 aliphatic heterocycles. The zero-order chi connectivity index (χ0) is 15.7. The number of benzene rings is 1. The average Bonchev–Trinajstić information content (AvgIpc) is 2.81. The minimum atomic E-state index is -0.232. The molecule has 0 radical (unpaired) electrons. The van der Waals surface area contributed by atoms with Gasteiger partial charge in [-0.15, -0.1) is 0 Å². The number of hydrogen-bond acceptors (Lipinski definition) is 2. The number of pyridine rings is 1. The van der Waals surface area contributed by atoms with Crippen molar-refractivity contribution in [2.45, 2.75) is 6.92 Å². The third-order valence-corrected chi connectivity index (χ3v) is 3.85. The first-order valence-electron chi connectivity index (χ1n) is 6.94. The number of nitrogens with zero attached hydrogens (tertiary/aromatic N) is 3. The first kappa shape index (κ1) is 14.2. The van der Waals surface area contributed by atoms with Crippen molar-refractivity contribution in [1.82, 2.24) is 9.55 Å². The molecule has 0 amide bonds. The molecule has 0 fully saturated rings. The van der Waals surface area contributed by atoms with Gasteiger partial charge in [-0.25, -0.2) is 4.39 Å². The molecule has 0 aliphatic rings. The van der Waals surface area contributed by atoms with Crippen LogP contribution in [0.3, 0.4) is 0 Å². The SMILES string of the molecule is C=N/C=C\C=C(/C)c1cc(F)c2c3cnccc3n(C)c2c1. The van der Waals surface area contributed by atoms with Gasteiger partial charge < -0.3 is 4.57 Å². The van der Waals surface area contributed by atoms with Crippen LogP contribution in [0.4, 0.5) is 4.39 Å². The first-order chi connectivity index (χ1) is 10.6. The highest BCUT2D eigenvalue weighted by Gasteiger charge is 2.14. The third-order valence-electron chi connectivity index (χ3n) is 3.85. The maximum atomic E-state index is 14.6. The second kappa shape index (κ2) is 5.56. The van der Waals surface area contributed by atoms with E-state index in [1.807, 2.05) is 36.7 Å². The molecular weight excluding hydrogens is 277 g/mol. The van der Waals surface area contributed by atoms with E-state index in [1.54, 1.807) is 30.7 Å². The summed E-state index contributed by atoms with van der Waals surface area (Å²) in [7, 11) is 1.94. The van der Waals surface area contributed by atoms with Gasteiger partial charge >= 0.3 is 0 Å². The molecule has 4 heteroatoms. The van der Waals surface area contributed by atoms with Crippen LogP contribution in [0.15, 0.2) is 53.9 Å². The summed E-state index contributed by atoms with van der Waals surface area (Å²) < 4.78 is 16.6. The zero-order valence-electron chi connectivity index (χ0n) is 12.5. The number of aliphatic imine (C=N–C) groups is 1. The van der Waals surface area contributed by atoms with Crippen LogP contribution in [0.1, 0.15) is 12.5 Å². The van der Waals surface area contributed by atoms with Crippen molar-refractivity contribution < 1.29 is 4.39 Å². The van der Waals surface area contributed by atoms with Gasteiger partial charge in [-0.1, -0.05) is 6.08 Å². The molecule has 0 bridgehead atoms. The zero-order valence-corrected chi connectivity index (χ0v) is 12.5. The van der Waals surface area contributed by atoms with Crippen LogP contribution < -0.4 is 0 Å². The van der Waals surface area contributed by atoms with E-state index in [1.165, 1.54) is 0 Å². The van der Waals surface area contributed by atoms with E-state index in [2.05, 4.69) is 16.7 Å². The lowest BCUT2D eigenvalue weighted by molar-refractivity contribution is 0.640. The highest BCUT2D eigenvalue weighted by atomic mass is 19.1. The van der Waals surface area contributed by atoms with E-state index in [0.29, 0.717) is 5.39 Å². The predicted octanol–water partition coefficient (Wildman–Crippen LogP) is 4.48. The number of aromatic nitrogens is 2.